The molecule has 5 aromatic rings. The SMILES string of the molecule is Cc1ncsc1-c1ccc(Cc2cnc([C@@H]3C[C@@H](O[Si](c4ccccc4)(c4ccccc4)C(C)(C)C)CN3)s2)cc1. The van der Waals surface area contributed by atoms with Gasteiger partial charge in [-0.15, -0.1) is 22.7 Å². The van der Waals surface area contributed by atoms with Gasteiger partial charge in [-0.1, -0.05) is 106 Å². The first kappa shape index (κ1) is 28.2. The first-order chi connectivity index (χ1) is 19.8. The van der Waals surface area contributed by atoms with Gasteiger partial charge in [0.15, 0.2) is 0 Å². The third kappa shape index (κ3) is 5.74. The first-order valence-corrected chi connectivity index (χ1v) is 17.9. The summed E-state index contributed by atoms with van der Waals surface area (Å²) in [5.41, 5.74) is 5.55. The standard InChI is InChI=1S/C34H37N3OS2Si/c1-24-32(39-23-37-24)26-17-15-25(16-18-26)19-28-22-36-33(40-28)31-20-27(21-35-31)38-41(34(2,3)4,29-11-7-5-8-12-29)30-13-9-6-10-14-30/h5-18,22-23,27,31,35H,19-21H2,1-4H3/t27-,31+/m1/s1. The number of nitrogens with zero attached hydrogens (tertiary/aromatic N) is 2. The van der Waals surface area contributed by atoms with Gasteiger partial charge in [-0.3, -0.25) is 0 Å². The van der Waals surface area contributed by atoms with Crippen LogP contribution in [0.15, 0.2) is 96.6 Å². The molecule has 0 radical (unpaired) electrons. The zero-order valence-electron chi connectivity index (χ0n) is 24.1. The smallest absolute Gasteiger partial charge is 0.261 e. The largest absolute Gasteiger partial charge is 0.403 e. The number of thiazole rings is 2. The van der Waals surface area contributed by atoms with Crippen molar-refractivity contribution < 1.29 is 4.43 Å². The van der Waals surface area contributed by atoms with E-state index in [4.69, 9.17) is 9.41 Å². The normalized spacial score (nSPS) is 17.7. The Labute approximate surface area is 252 Å². The third-order valence-electron chi connectivity index (χ3n) is 8.06. The van der Waals surface area contributed by atoms with E-state index in [2.05, 4.69) is 129 Å². The molecule has 1 fully saturated rings. The van der Waals surface area contributed by atoms with E-state index in [1.54, 1.807) is 11.3 Å². The van der Waals surface area contributed by atoms with Gasteiger partial charge in [-0.2, -0.15) is 0 Å². The molecule has 7 heteroatoms. The number of aromatic nitrogens is 2. The molecule has 0 unspecified atom stereocenters. The van der Waals surface area contributed by atoms with Crippen LogP contribution in [0.25, 0.3) is 10.4 Å². The lowest BCUT2D eigenvalue weighted by Gasteiger charge is -2.44. The monoisotopic (exact) mass is 595 g/mol. The molecule has 0 spiro atoms. The van der Waals surface area contributed by atoms with Gasteiger partial charge in [-0.05, 0) is 39.9 Å². The first-order valence-electron chi connectivity index (χ1n) is 14.3. The highest BCUT2D eigenvalue weighted by molar-refractivity contribution is 7.13. The van der Waals surface area contributed by atoms with Crippen LogP contribution in [-0.2, 0) is 10.8 Å². The van der Waals surface area contributed by atoms with Crippen molar-refractivity contribution in [3.05, 3.63) is 118 Å². The minimum absolute atomic E-state index is 0.0313. The van der Waals surface area contributed by atoms with Crippen LogP contribution in [-0.4, -0.2) is 30.9 Å². The molecule has 3 aromatic carbocycles. The molecule has 3 heterocycles. The highest BCUT2D eigenvalue weighted by atomic mass is 32.1. The Morgan fingerprint density at radius 1 is 0.902 bits per heavy atom. The van der Waals surface area contributed by atoms with Crippen LogP contribution in [0.5, 0.6) is 0 Å². The lowest BCUT2D eigenvalue weighted by molar-refractivity contribution is 0.204. The van der Waals surface area contributed by atoms with Gasteiger partial charge in [0.2, 0.25) is 0 Å². The van der Waals surface area contributed by atoms with Crippen LogP contribution in [0.3, 0.4) is 0 Å². The van der Waals surface area contributed by atoms with Crippen LogP contribution < -0.4 is 15.7 Å². The van der Waals surface area contributed by atoms with Crippen molar-refractivity contribution in [2.75, 3.05) is 6.54 Å². The average Bonchev–Trinajstić information content (AvgIpc) is 3.74. The summed E-state index contributed by atoms with van der Waals surface area (Å²) >= 11 is 3.52. The Hall–Kier alpha value is -2.94. The molecule has 2 atom stereocenters. The molecule has 0 aliphatic carbocycles. The zero-order chi connectivity index (χ0) is 28.5. The molecule has 1 aliphatic heterocycles. The molecule has 210 valence electrons. The molecule has 0 bridgehead atoms. The van der Waals surface area contributed by atoms with Crippen molar-refractivity contribution >= 4 is 41.4 Å². The summed E-state index contributed by atoms with van der Waals surface area (Å²) in [5, 5.41) is 7.53. The lowest BCUT2D eigenvalue weighted by Crippen LogP contribution is -2.67. The predicted molar refractivity (Wildman–Crippen MR) is 175 cm³/mol. The van der Waals surface area contributed by atoms with Gasteiger partial charge in [0.25, 0.3) is 8.32 Å². The predicted octanol–water partition coefficient (Wildman–Crippen LogP) is 7.15. The fourth-order valence-electron chi connectivity index (χ4n) is 6.04. The van der Waals surface area contributed by atoms with Crippen molar-refractivity contribution in [2.45, 2.75) is 57.7 Å². The summed E-state index contributed by atoms with van der Waals surface area (Å²) in [6, 6.07) is 31.0. The fraction of sp³-hybridized carbons (Fsp3) is 0.294. The van der Waals surface area contributed by atoms with Crippen molar-refractivity contribution in [3.8, 4) is 10.4 Å². The maximum Gasteiger partial charge on any atom is 0.261 e. The number of benzene rings is 3. The third-order valence-corrected chi connectivity index (χ3v) is 15.2. The van der Waals surface area contributed by atoms with Gasteiger partial charge in [0, 0.05) is 24.0 Å². The zero-order valence-corrected chi connectivity index (χ0v) is 26.8. The molecule has 0 amide bonds. The van der Waals surface area contributed by atoms with Gasteiger partial charge in [-0.25, -0.2) is 9.97 Å². The maximum atomic E-state index is 7.39. The Balaban J connectivity index is 1.18. The second-order valence-electron chi connectivity index (χ2n) is 11.9. The van der Waals surface area contributed by atoms with Crippen LogP contribution in [0, 0.1) is 6.92 Å². The molecule has 6 rings (SSSR count). The fourth-order valence-corrected chi connectivity index (χ4v) is 12.6. The molecule has 2 aromatic heterocycles. The van der Waals surface area contributed by atoms with Crippen LogP contribution in [0.2, 0.25) is 5.04 Å². The van der Waals surface area contributed by atoms with Crippen molar-refractivity contribution in [2.24, 2.45) is 0 Å². The van der Waals surface area contributed by atoms with Gasteiger partial charge in [0.05, 0.1) is 28.2 Å². The number of rotatable bonds is 8. The number of hydrogen-bond acceptors (Lipinski definition) is 6. The van der Waals surface area contributed by atoms with Crippen molar-refractivity contribution in [1.82, 2.24) is 15.3 Å². The van der Waals surface area contributed by atoms with E-state index in [-0.39, 0.29) is 17.2 Å². The molecular weight excluding hydrogens is 559 g/mol. The topological polar surface area (TPSA) is 47.0 Å². The van der Waals surface area contributed by atoms with Gasteiger partial charge < -0.3 is 9.74 Å². The molecule has 0 saturated carbocycles. The van der Waals surface area contributed by atoms with E-state index in [9.17, 15) is 0 Å². The van der Waals surface area contributed by atoms with Crippen molar-refractivity contribution in [3.63, 3.8) is 0 Å². The van der Waals surface area contributed by atoms with E-state index >= 15 is 0 Å². The summed E-state index contributed by atoms with van der Waals surface area (Å²) in [4.78, 5) is 11.8. The summed E-state index contributed by atoms with van der Waals surface area (Å²) in [6.45, 7) is 9.94. The highest BCUT2D eigenvalue weighted by Gasteiger charge is 2.52. The van der Waals surface area contributed by atoms with E-state index in [1.165, 1.54) is 31.3 Å². The van der Waals surface area contributed by atoms with E-state index in [0.717, 1.165) is 30.1 Å². The van der Waals surface area contributed by atoms with E-state index < -0.39 is 8.32 Å². The van der Waals surface area contributed by atoms with Crippen LogP contribution >= 0.6 is 22.7 Å². The number of aryl methyl sites for hydroxylation is 1. The minimum atomic E-state index is -2.58. The summed E-state index contributed by atoms with van der Waals surface area (Å²) in [6.07, 6.45) is 4.01. The van der Waals surface area contributed by atoms with E-state index in [1.807, 2.05) is 16.8 Å². The number of nitrogens with one attached hydrogen (secondary N) is 1. The summed E-state index contributed by atoms with van der Waals surface area (Å²) in [5.74, 6) is 0. The maximum absolute atomic E-state index is 7.39. The quantitative estimate of drug-likeness (QED) is 0.194. The average molecular weight is 596 g/mol. The summed E-state index contributed by atoms with van der Waals surface area (Å²) < 4.78 is 7.39. The molecule has 1 saturated heterocycles. The molecule has 4 nitrogen and oxygen atoms in total. The Morgan fingerprint density at radius 3 is 2.15 bits per heavy atom. The van der Waals surface area contributed by atoms with Crippen LogP contribution in [0.4, 0.5) is 0 Å². The summed E-state index contributed by atoms with van der Waals surface area (Å²) in [7, 11) is -2.58. The number of hydrogen-bond donors (Lipinski definition) is 1. The minimum Gasteiger partial charge on any atom is -0.403 e. The second kappa shape index (κ2) is 11.7. The molecular formula is C34H37N3OS2Si. The second-order valence-corrected chi connectivity index (χ2v) is 18.2. The molecule has 1 N–H and O–H groups in total. The van der Waals surface area contributed by atoms with E-state index in [0.29, 0.717) is 0 Å². The Bertz CT molecular complexity index is 1540. The highest BCUT2D eigenvalue weighted by Crippen LogP contribution is 2.40. The van der Waals surface area contributed by atoms with Gasteiger partial charge in [0.1, 0.15) is 5.01 Å². The van der Waals surface area contributed by atoms with Crippen molar-refractivity contribution in [1.29, 1.82) is 0 Å². The van der Waals surface area contributed by atoms with Gasteiger partial charge >= 0.3 is 0 Å². The van der Waals surface area contributed by atoms with Crippen LogP contribution in [0.1, 0.15) is 54.4 Å². The molecule has 41 heavy (non-hydrogen) atoms. The Kier molecular flexibility index (Phi) is 8.07. The lowest BCUT2D eigenvalue weighted by atomic mass is 10.1. The molecule has 1 aliphatic rings. The Morgan fingerprint density at radius 2 is 1.56 bits per heavy atom.